The quantitative estimate of drug-likeness (QED) is 0.373. The van der Waals surface area contributed by atoms with Crippen molar-refractivity contribution in [1.29, 1.82) is 5.26 Å². The third kappa shape index (κ3) is 5.57. The third-order valence-electron chi connectivity index (χ3n) is 8.08. The zero-order chi connectivity index (χ0) is 27.8. The number of aliphatic hydroxyl groups is 1. The molecule has 206 valence electrons. The number of aromatic amines is 1. The first-order valence-electron chi connectivity index (χ1n) is 13.9. The molecule has 9 heteroatoms. The molecule has 2 aromatic heterocycles. The number of hydrogen-bond acceptors (Lipinski definition) is 7. The fourth-order valence-electron chi connectivity index (χ4n) is 6.00. The Morgan fingerprint density at radius 1 is 1.15 bits per heavy atom. The highest BCUT2D eigenvalue weighted by Gasteiger charge is 2.38. The van der Waals surface area contributed by atoms with Crippen LogP contribution in [0.5, 0.6) is 0 Å². The Labute approximate surface area is 228 Å². The Balaban J connectivity index is 1.34. The predicted molar refractivity (Wildman–Crippen MR) is 148 cm³/mol. The van der Waals surface area contributed by atoms with Crippen molar-refractivity contribution >= 4 is 28.4 Å². The van der Waals surface area contributed by atoms with Gasteiger partial charge in [-0.3, -0.25) is 14.3 Å². The highest BCUT2D eigenvalue weighted by atomic mass is 16.6. The van der Waals surface area contributed by atoms with Crippen LogP contribution < -0.4 is 10.9 Å². The van der Waals surface area contributed by atoms with Crippen LogP contribution in [-0.4, -0.2) is 31.4 Å². The lowest BCUT2D eigenvalue weighted by atomic mass is 9.75. The second-order valence-corrected chi connectivity index (χ2v) is 12.0. The van der Waals surface area contributed by atoms with Crippen LogP contribution in [0.15, 0.2) is 41.3 Å². The zero-order valence-electron chi connectivity index (χ0n) is 22.9. The van der Waals surface area contributed by atoms with Gasteiger partial charge in [0.2, 0.25) is 0 Å². The second kappa shape index (κ2) is 10.5. The van der Waals surface area contributed by atoms with E-state index in [1.54, 1.807) is 6.20 Å². The summed E-state index contributed by atoms with van der Waals surface area (Å²) in [7, 11) is 0. The minimum absolute atomic E-state index is 0.0731. The number of pyridine rings is 1. The summed E-state index contributed by atoms with van der Waals surface area (Å²) in [6, 6.07) is 11.7. The molecule has 0 saturated heterocycles. The minimum Gasteiger partial charge on any atom is -0.460 e. The van der Waals surface area contributed by atoms with E-state index in [4.69, 9.17) is 9.84 Å². The zero-order valence-corrected chi connectivity index (χ0v) is 22.9. The number of rotatable bonds is 5. The number of ether oxygens (including phenoxy) is 1. The number of hydrogen-bond donors (Lipinski definition) is 3. The van der Waals surface area contributed by atoms with Gasteiger partial charge in [-0.15, -0.1) is 0 Å². The normalized spacial score (nSPS) is 25.7. The average molecular weight is 532 g/mol. The van der Waals surface area contributed by atoms with Gasteiger partial charge in [0.25, 0.3) is 5.56 Å². The van der Waals surface area contributed by atoms with Crippen molar-refractivity contribution in [3.05, 3.63) is 52.4 Å². The van der Waals surface area contributed by atoms with E-state index < -0.39 is 11.2 Å². The van der Waals surface area contributed by atoms with Gasteiger partial charge in [-0.2, -0.15) is 10.4 Å². The molecule has 2 heterocycles. The SMILES string of the molecule is CC(C)(C)OC(=O)[C@H]1CC[C@@](O)(c2ccc(Nc3nn([C@H]4CCCC[C@@H]4C#N)c4cc[nH]c(=O)c34)cc2)CC1. The summed E-state index contributed by atoms with van der Waals surface area (Å²) in [6.07, 6.45) is 7.46. The standard InChI is InChI=1S/C30H37N5O4/c1-29(2,3)39-28(37)19-12-15-30(38,16-13-19)21-8-10-22(11-9-21)33-26-25-24(14-17-32-27(25)36)35(34-26)23-7-5-4-6-20(23)18-31/h8-11,14,17,19-20,23,38H,4-7,12-13,15-16H2,1-3H3,(H,32,36)(H,33,34)/t19-,20-,23+,30-/m1/s1. The molecule has 39 heavy (non-hydrogen) atoms. The molecule has 0 bridgehead atoms. The van der Waals surface area contributed by atoms with Crippen LogP contribution in [0.25, 0.3) is 10.9 Å². The van der Waals surface area contributed by atoms with E-state index in [-0.39, 0.29) is 29.4 Å². The lowest BCUT2D eigenvalue weighted by Crippen LogP contribution is -2.36. The Bertz CT molecular complexity index is 1440. The largest absolute Gasteiger partial charge is 0.460 e. The number of aromatic nitrogens is 3. The number of benzene rings is 1. The first-order valence-corrected chi connectivity index (χ1v) is 13.9. The monoisotopic (exact) mass is 531 g/mol. The Hall–Kier alpha value is -3.64. The van der Waals surface area contributed by atoms with Crippen molar-refractivity contribution in [3.63, 3.8) is 0 Å². The van der Waals surface area contributed by atoms with Gasteiger partial charge in [-0.05, 0) is 83.1 Å². The summed E-state index contributed by atoms with van der Waals surface area (Å²) in [6.45, 7) is 5.59. The summed E-state index contributed by atoms with van der Waals surface area (Å²) >= 11 is 0. The number of carbonyl (C=O) groups is 1. The van der Waals surface area contributed by atoms with Crippen LogP contribution in [0, 0.1) is 23.2 Å². The van der Waals surface area contributed by atoms with Crippen molar-refractivity contribution < 1.29 is 14.6 Å². The van der Waals surface area contributed by atoms with Crippen LogP contribution in [0.4, 0.5) is 11.5 Å². The third-order valence-corrected chi connectivity index (χ3v) is 8.08. The molecule has 0 spiro atoms. The van der Waals surface area contributed by atoms with Crippen LogP contribution in [0.2, 0.25) is 0 Å². The van der Waals surface area contributed by atoms with Gasteiger partial charge in [0.15, 0.2) is 5.82 Å². The maximum absolute atomic E-state index is 12.8. The fraction of sp³-hybridized carbons (Fsp3) is 0.533. The van der Waals surface area contributed by atoms with Crippen LogP contribution in [0.3, 0.4) is 0 Å². The molecule has 2 aliphatic rings. The number of esters is 1. The van der Waals surface area contributed by atoms with E-state index >= 15 is 0 Å². The summed E-state index contributed by atoms with van der Waals surface area (Å²) in [5, 5.41) is 29.6. The van der Waals surface area contributed by atoms with Crippen molar-refractivity contribution in [3.8, 4) is 6.07 Å². The molecule has 2 saturated carbocycles. The first-order chi connectivity index (χ1) is 18.6. The molecule has 1 aromatic carbocycles. The molecule has 0 unspecified atom stereocenters. The molecule has 3 aromatic rings. The van der Waals surface area contributed by atoms with E-state index in [2.05, 4.69) is 16.4 Å². The average Bonchev–Trinajstić information content (AvgIpc) is 3.27. The van der Waals surface area contributed by atoms with Gasteiger partial charge >= 0.3 is 5.97 Å². The lowest BCUT2D eigenvalue weighted by molar-refractivity contribution is -0.163. The van der Waals surface area contributed by atoms with E-state index in [1.165, 1.54) is 0 Å². The maximum Gasteiger partial charge on any atom is 0.309 e. The topological polar surface area (TPSA) is 133 Å². The molecular formula is C30H37N5O4. The van der Waals surface area contributed by atoms with Crippen molar-refractivity contribution in [1.82, 2.24) is 14.8 Å². The fourth-order valence-corrected chi connectivity index (χ4v) is 6.00. The number of H-pyrrole nitrogens is 1. The highest BCUT2D eigenvalue weighted by Crippen LogP contribution is 2.41. The Morgan fingerprint density at radius 3 is 2.51 bits per heavy atom. The lowest BCUT2D eigenvalue weighted by Gasteiger charge is -2.36. The summed E-state index contributed by atoms with van der Waals surface area (Å²) in [5.41, 5.74) is 0.478. The van der Waals surface area contributed by atoms with E-state index in [9.17, 15) is 20.0 Å². The molecule has 2 fully saturated rings. The molecular weight excluding hydrogens is 494 g/mol. The summed E-state index contributed by atoms with van der Waals surface area (Å²) in [5.74, 6) is -0.0883. The molecule has 2 aliphatic carbocycles. The minimum atomic E-state index is -1.00. The Morgan fingerprint density at radius 2 is 1.85 bits per heavy atom. The van der Waals surface area contributed by atoms with Gasteiger partial charge < -0.3 is 20.1 Å². The van der Waals surface area contributed by atoms with Gasteiger partial charge in [0.05, 0.1) is 35.1 Å². The number of nitrogens with zero attached hydrogens (tertiary/aromatic N) is 3. The Kier molecular flexibility index (Phi) is 7.25. The van der Waals surface area contributed by atoms with Gasteiger partial charge in [-0.1, -0.05) is 25.0 Å². The van der Waals surface area contributed by atoms with E-state index in [0.29, 0.717) is 42.4 Å². The number of carbonyl (C=O) groups excluding carboxylic acids is 1. The van der Waals surface area contributed by atoms with Crippen LogP contribution in [-0.2, 0) is 15.1 Å². The maximum atomic E-state index is 12.8. The molecule has 0 radical (unpaired) electrons. The highest BCUT2D eigenvalue weighted by molar-refractivity contribution is 5.91. The van der Waals surface area contributed by atoms with E-state index in [0.717, 1.165) is 36.9 Å². The van der Waals surface area contributed by atoms with Gasteiger partial charge in [0, 0.05) is 11.9 Å². The molecule has 5 rings (SSSR count). The van der Waals surface area contributed by atoms with Crippen LogP contribution >= 0.6 is 0 Å². The van der Waals surface area contributed by atoms with E-state index in [1.807, 2.05) is 55.8 Å². The molecule has 0 aliphatic heterocycles. The number of anilines is 2. The van der Waals surface area contributed by atoms with Crippen molar-refractivity contribution in [2.75, 3.05) is 5.32 Å². The smallest absolute Gasteiger partial charge is 0.309 e. The molecule has 2 atom stereocenters. The molecule has 0 amide bonds. The van der Waals surface area contributed by atoms with Gasteiger partial charge in [-0.25, -0.2) is 0 Å². The predicted octanol–water partition coefficient (Wildman–Crippen LogP) is 5.44. The van der Waals surface area contributed by atoms with Crippen LogP contribution in [0.1, 0.15) is 83.7 Å². The number of fused-ring (bicyclic) bond motifs is 1. The number of nitrogens with one attached hydrogen (secondary N) is 2. The second-order valence-electron chi connectivity index (χ2n) is 12.0. The first kappa shape index (κ1) is 26.9. The summed E-state index contributed by atoms with van der Waals surface area (Å²) in [4.78, 5) is 28.0. The molecule has 9 nitrogen and oxygen atoms in total. The summed E-state index contributed by atoms with van der Waals surface area (Å²) < 4.78 is 7.39. The van der Waals surface area contributed by atoms with Crippen molar-refractivity contribution in [2.45, 2.75) is 89.4 Å². The molecule has 3 N–H and O–H groups in total. The number of nitriles is 1. The van der Waals surface area contributed by atoms with Crippen molar-refractivity contribution in [2.24, 2.45) is 11.8 Å². The van der Waals surface area contributed by atoms with Gasteiger partial charge in [0.1, 0.15) is 11.0 Å².